The molecule has 1 atom stereocenters. The summed E-state index contributed by atoms with van der Waals surface area (Å²) >= 11 is 0. The average molecular weight is 492 g/mol. The van der Waals surface area contributed by atoms with Crippen LogP contribution in [0.15, 0.2) is 54.1 Å². The number of morpholine rings is 1. The number of carbonyl (C=O) groups is 3. The monoisotopic (exact) mass is 491 g/mol. The number of carbonyl (C=O) groups excluding carboxylic acids is 3. The van der Waals surface area contributed by atoms with Crippen molar-refractivity contribution in [1.82, 2.24) is 9.80 Å². The van der Waals surface area contributed by atoms with Crippen LogP contribution < -0.4 is 9.64 Å². The molecule has 1 N–H and O–H groups in total. The van der Waals surface area contributed by atoms with E-state index < -0.39 is 23.1 Å². The Bertz CT molecular complexity index is 1230. The van der Waals surface area contributed by atoms with Gasteiger partial charge in [0.15, 0.2) is 5.54 Å². The summed E-state index contributed by atoms with van der Waals surface area (Å²) in [5.74, 6) is -1.88. The number of methoxy groups -OCH3 is 1. The van der Waals surface area contributed by atoms with Gasteiger partial charge >= 0.3 is 0 Å². The van der Waals surface area contributed by atoms with Gasteiger partial charge in [0, 0.05) is 43.9 Å². The lowest BCUT2D eigenvalue weighted by molar-refractivity contribution is -0.144. The van der Waals surface area contributed by atoms with Crippen molar-refractivity contribution in [2.45, 2.75) is 12.5 Å². The van der Waals surface area contributed by atoms with Crippen LogP contribution in [0, 0.1) is 0 Å². The standard InChI is InChI=1S/C27H29N3O6/c1-3-29-21-7-5-4-6-20(21)27(26(29)34)22(23(31)18-8-10-19(35-2)11-9-18)24(32)25(33)30(27)13-12-28-14-16-36-17-15-28/h4-11,31H,3,12-17H2,1-2H3. The Kier molecular flexibility index (Phi) is 6.27. The second kappa shape index (κ2) is 9.40. The van der Waals surface area contributed by atoms with Gasteiger partial charge in [0.1, 0.15) is 11.5 Å². The molecule has 36 heavy (non-hydrogen) atoms. The predicted octanol–water partition coefficient (Wildman–Crippen LogP) is 1.97. The topological polar surface area (TPSA) is 99.6 Å². The smallest absolute Gasteiger partial charge is 0.296 e. The van der Waals surface area contributed by atoms with E-state index >= 15 is 0 Å². The lowest BCUT2D eigenvalue weighted by Crippen LogP contribution is -2.54. The van der Waals surface area contributed by atoms with Crippen LogP contribution in [0.4, 0.5) is 5.69 Å². The van der Waals surface area contributed by atoms with E-state index in [0.717, 1.165) is 0 Å². The molecule has 0 radical (unpaired) electrons. The first kappa shape index (κ1) is 24.0. The Morgan fingerprint density at radius 3 is 2.39 bits per heavy atom. The number of aliphatic hydroxyl groups is 1. The molecule has 0 bridgehead atoms. The number of Topliss-reactive ketones (excluding diaryl/α,β-unsaturated/α-hetero) is 1. The summed E-state index contributed by atoms with van der Waals surface area (Å²) in [6.45, 7) is 5.41. The number of benzene rings is 2. The molecule has 3 aliphatic rings. The van der Waals surface area contributed by atoms with Gasteiger partial charge < -0.3 is 24.4 Å². The van der Waals surface area contributed by atoms with Gasteiger partial charge in [-0.15, -0.1) is 0 Å². The molecule has 3 aliphatic heterocycles. The molecule has 2 saturated heterocycles. The molecule has 2 amide bonds. The maximum atomic E-state index is 14.2. The van der Waals surface area contributed by atoms with Crippen LogP contribution in [0.1, 0.15) is 18.1 Å². The zero-order chi connectivity index (χ0) is 25.4. The fourth-order valence-corrected chi connectivity index (χ4v) is 5.44. The van der Waals surface area contributed by atoms with Gasteiger partial charge in [-0.05, 0) is 37.3 Å². The third-order valence-corrected chi connectivity index (χ3v) is 7.23. The average Bonchev–Trinajstić information content (AvgIpc) is 3.30. The molecule has 188 valence electrons. The second-order valence-electron chi connectivity index (χ2n) is 8.97. The fraction of sp³-hybridized carbons (Fsp3) is 0.370. The van der Waals surface area contributed by atoms with E-state index in [4.69, 9.17) is 9.47 Å². The molecule has 9 nitrogen and oxygen atoms in total. The molecule has 1 unspecified atom stereocenters. The molecule has 5 rings (SSSR count). The van der Waals surface area contributed by atoms with Crippen molar-refractivity contribution in [1.29, 1.82) is 0 Å². The number of rotatable bonds is 6. The van der Waals surface area contributed by atoms with Crippen molar-refractivity contribution in [3.8, 4) is 5.75 Å². The molecule has 0 aromatic heterocycles. The maximum absolute atomic E-state index is 14.2. The van der Waals surface area contributed by atoms with Crippen LogP contribution >= 0.6 is 0 Å². The summed E-state index contributed by atoms with van der Waals surface area (Å²) < 4.78 is 10.6. The number of aliphatic hydroxyl groups excluding tert-OH is 1. The fourth-order valence-electron chi connectivity index (χ4n) is 5.44. The minimum absolute atomic E-state index is 0.154. The molecule has 2 aromatic carbocycles. The first-order valence-electron chi connectivity index (χ1n) is 12.1. The number of likely N-dealkylation sites (N-methyl/N-ethyl adjacent to an activating group) is 1. The highest BCUT2D eigenvalue weighted by molar-refractivity contribution is 6.50. The Balaban J connectivity index is 1.69. The summed E-state index contributed by atoms with van der Waals surface area (Å²) in [5, 5.41) is 11.5. The van der Waals surface area contributed by atoms with Crippen molar-refractivity contribution in [3.05, 3.63) is 65.2 Å². The van der Waals surface area contributed by atoms with Crippen LogP contribution in [0.2, 0.25) is 0 Å². The Labute approximate surface area is 209 Å². The molecule has 2 fully saturated rings. The molecule has 0 aliphatic carbocycles. The van der Waals surface area contributed by atoms with Crippen LogP contribution in [0.5, 0.6) is 5.75 Å². The summed E-state index contributed by atoms with van der Waals surface area (Å²) in [6.07, 6.45) is 0. The van der Waals surface area contributed by atoms with Crippen molar-refractivity contribution >= 4 is 29.0 Å². The highest BCUT2D eigenvalue weighted by Crippen LogP contribution is 2.53. The Hall–Kier alpha value is -3.69. The van der Waals surface area contributed by atoms with Gasteiger partial charge in [0.05, 0.1) is 31.6 Å². The molecule has 0 saturated carbocycles. The van der Waals surface area contributed by atoms with Crippen LogP contribution in [-0.4, -0.2) is 85.6 Å². The van der Waals surface area contributed by atoms with Crippen molar-refractivity contribution in [2.75, 3.05) is 57.9 Å². The minimum Gasteiger partial charge on any atom is -0.507 e. The van der Waals surface area contributed by atoms with E-state index in [-0.39, 0.29) is 17.9 Å². The summed E-state index contributed by atoms with van der Waals surface area (Å²) in [4.78, 5) is 46.4. The number of ether oxygens (including phenoxy) is 2. The molecule has 2 aromatic rings. The summed E-state index contributed by atoms with van der Waals surface area (Å²) in [5.41, 5.74) is -0.469. The largest absolute Gasteiger partial charge is 0.507 e. The number of para-hydroxylation sites is 1. The molecule has 9 heteroatoms. The van der Waals surface area contributed by atoms with Crippen molar-refractivity contribution in [2.24, 2.45) is 0 Å². The van der Waals surface area contributed by atoms with Gasteiger partial charge in [0.25, 0.3) is 17.6 Å². The highest BCUT2D eigenvalue weighted by atomic mass is 16.5. The molecular weight excluding hydrogens is 462 g/mol. The number of fused-ring (bicyclic) bond motifs is 2. The molecule has 3 heterocycles. The van der Waals surface area contributed by atoms with E-state index in [0.29, 0.717) is 62.0 Å². The lowest BCUT2D eigenvalue weighted by atomic mass is 9.82. The van der Waals surface area contributed by atoms with E-state index in [1.165, 1.54) is 12.0 Å². The number of hydrogen-bond donors (Lipinski definition) is 1. The van der Waals surface area contributed by atoms with E-state index in [1.807, 2.05) is 13.0 Å². The summed E-state index contributed by atoms with van der Waals surface area (Å²) in [6, 6.07) is 13.7. The van der Waals surface area contributed by atoms with E-state index in [9.17, 15) is 19.5 Å². The van der Waals surface area contributed by atoms with Gasteiger partial charge in [-0.25, -0.2) is 0 Å². The zero-order valence-corrected chi connectivity index (χ0v) is 20.4. The minimum atomic E-state index is -1.74. The SMILES string of the molecule is CCN1C(=O)C2(C(=C(O)c3ccc(OC)cc3)C(=O)C(=O)N2CCN2CCOCC2)c2ccccc21. The number of anilines is 1. The van der Waals surface area contributed by atoms with E-state index in [2.05, 4.69) is 4.90 Å². The number of hydrogen-bond acceptors (Lipinski definition) is 7. The first-order valence-corrected chi connectivity index (χ1v) is 12.1. The Morgan fingerprint density at radius 2 is 1.72 bits per heavy atom. The summed E-state index contributed by atoms with van der Waals surface area (Å²) in [7, 11) is 1.53. The third kappa shape index (κ3) is 3.50. The lowest BCUT2D eigenvalue weighted by Gasteiger charge is -2.36. The van der Waals surface area contributed by atoms with Gasteiger partial charge in [-0.3, -0.25) is 19.3 Å². The van der Waals surface area contributed by atoms with Crippen LogP contribution in [0.25, 0.3) is 5.76 Å². The number of nitrogens with zero attached hydrogens (tertiary/aromatic N) is 3. The van der Waals surface area contributed by atoms with Gasteiger partial charge in [0.2, 0.25) is 0 Å². The second-order valence-corrected chi connectivity index (χ2v) is 8.97. The number of likely N-dealkylation sites (tertiary alicyclic amines) is 1. The highest BCUT2D eigenvalue weighted by Gasteiger charge is 2.66. The normalized spacial score (nSPS) is 23.6. The van der Waals surface area contributed by atoms with Gasteiger partial charge in [-0.1, -0.05) is 18.2 Å². The van der Waals surface area contributed by atoms with Crippen molar-refractivity contribution < 1.29 is 29.0 Å². The predicted molar refractivity (Wildman–Crippen MR) is 133 cm³/mol. The van der Waals surface area contributed by atoms with Crippen LogP contribution in [0.3, 0.4) is 0 Å². The first-order chi connectivity index (χ1) is 17.4. The van der Waals surface area contributed by atoms with Gasteiger partial charge in [-0.2, -0.15) is 0 Å². The van der Waals surface area contributed by atoms with E-state index in [1.54, 1.807) is 47.4 Å². The Morgan fingerprint density at radius 1 is 1.03 bits per heavy atom. The number of ketones is 1. The number of amides is 2. The van der Waals surface area contributed by atoms with Crippen LogP contribution in [-0.2, 0) is 24.7 Å². The maximum Gasteiger partial charge on any atom is 0.296 e. The zero-order valence-electron chi connectivity index (χ0n) is 20.4. The quantitative estimate of drug-likeness (QED) is 0.375. The molecule has 1 spiro atoms. The molecular formula is C27H29N3O6. The van der Waals surface area contributed by atoms with Crippen molar-refractivity contribution in [3.63, 3.8) is 0 Å². The third-order valence-electron chi connectivity index (χ3n) is 7.23.